The lowest BCUT2D eigenvalue weighted by Gasteiger charge is -2.23. The zero-order valence-corrected chi connectivity index (χ0v) is 11.2. The highest BCUT2D eigenvalue weighted by molar-refractivity contribution is 5.95. The number of nitrogens with zero attached hydrogens (tertiary/aromatic N) is 1. The van der Waals surface area contributed by atoms with Gasteiger partial charge in [-0.1, -0.05) is 6.07 Å². The van der Waals surface area contributed by atoms with Gasteiger partial charge in [0.05, 0.1) is 5.92 Å². The molecule has 2 saturated heterocycles. The number of carbonyl (C=O) groups is 2. The van der Waals surface area contributed by atoms with E-state index in [2.05, 4.69) is 0 Å². The summed E-state index contributed by atoms with van der Waals surface area (Å²) in [5.74, 6) is -1.98. The van der Waals surface area contributed by atoms with Crippen molar-refractivity contribution in [2.45, 2.75) is 38.3 Å². The summed E-state index contributed by atoms with van der Waals surface area (Å²) in [6, 6.07) is 4.17. The van der Waals surface area contributed by atoms with E-state index in [1.165, 1.54) is 6.07 Å². The predicted octanol–water partition coefficient (Wildman–Crippen LogP) is 2.21. The van der Waals surface area contributed by atoms with E-state index in [-0.39, 0.29) is 18.0 Å². The number of carbonyl (C=O) groups excluding carboxylic acids is 1. The molecule has 20 heavy (non-hydrogen) atoms. The highest BCUT2D eigenvalue weighted by Crippen LogP contribution is 2.42. The molecule has 3 rings (SSSR count). The number of hydrogen-bond acceptors (Lipinski definition) is 2. The Labute approximate surface area is 116 Å². The van der Waals surface area contributed by atoms with E-state index >= 15 is 0 Å². The molecule has 1 amide bonds. The largest absolute Gasteiger partial charge is 0.481 e. The van der Waals surface area contributed by atoms with Crippen LogP contribution in [-0.4, -0.2) is 34.0 Å². The molecule has 106 valence electrons. The van der Waals surface area contributed by atoms with E-state index in [0.717, 1.165) is 12.8 Å². The first-order valence-corrected chi connectivity index (χ1v) is 6.80. The molecule has 1 aromatic carbocycles. The van der Waals surface area contributed by atoms with Crippen LogP contribution in [0.1, 0.15) is 35.2 Å². The van der Waals surface area contributed by atoms with Gasteiger partial charge >= 0.3 is 5.97 Å². The molecule has 0 radical (unpaired) electrons. The number of carboxylic acids is 1. The van der Waals surface area contributed by atoms with Gasteiger partial charge in [0.25, 0.3) is 5.91 Å². The maximum atomic E-state index is 13.6. The van der Waals surface area contributed by atoms with Crippen molar-refractivity contribution >= 4 is 11.9 Å². The summed E-state index contributed by atoms with van der Waals surface area (Å²) in [7, 11) is 0. The molecule has 2 bridgehead atoms. The maximum Gasteiger partial charge on any atom is 0.308 e. The van der Waals surface area contributed by atoms with Gasteiger partial charge < -0.3 is 10.0 Å². The number of fused-ring (bicyclic) bond motifs is 2. The van der Waals surface area contributed by atoms with Gasteiger partial charge in [0.15, 0.2) is 0 Å². The van der Waals surface area contributed by atoms with Crippen LogP contribution in [0.5, 0.6) is 0 Å². The van der Waals surface area contributed by atoms with Crippen molar-refractivity contribution in [3.63, 3.8) is 0 Å². The van der Waals surface area contributed by atoms with Crippen LogP contribution < -0.4 is 0 Å². The topological polar surface area (TPSA) is 57.6 Å². The number of aryl methyl sites for hydroxylation is 1. The van der Waals surface area contributed by atoms with Gasteiger partial charge in [-0.15, -0.1) is 0 Å². The molecule has 2 aliphatic heterocycles. The Morgan fingerprint density at radius 1 is 1.35 bits per heavy atom. The smallest absolute Gasteiger partial charge is 0.308 e. The average Bonchev–Trinajstić information content (AvgIpc) is 2.98. The van der Waals surface area contributed by atoms with Crippen molar-refractivity contribution in [2.75, 3.05) is 0 Å². The first-order chi connectivity index (χ1) is 9.49. The van der Waals surface area contributed by atoms with Gasteiger partial charge in [-0.3, -0.25) is 9.59 Å². The molecule has 2 aliphatic rings. The molecule has 1 aromatic rings. The molecule has 3 atom stereocenters. The Balaban J connectivity index is 1.88. The zero-order valence-electron chi connectivity index (χ0n) is 11.2. The molecule has 4 nitrogen and oxygen atoms in total. The lowest BCUT2D eigenvalue weighted by molar-refractivity contribution is -0.142. The fourth-order valence-electron chi connectivity index (χ4n) is 3.45. The lowest BCUT2D eigenvalue weighted by atomic mass is 9.89. The van der Waals surface area contributed by atoms with Crippen molar-refractivity contribution in [1.82, 2.24) is 4.90 Å². The fourth-order valence-corrected chi connectivity index (χ4v) is 3.45. The second kappa shape index (κ2) is 4.58. The summed E-state index contributed by atoms with van der Waals surface area (Å²) < 4.78 is 13.6. The zero-order chi connectivity index (χ0) is 14.4. The van der Waals surface area contributed by atoms with E-state index in [1.807, 2.05) is 0 Å². The SMILES string of the molecule is Cc1ccc(C(=O)N2C3CCC2C(C(=O)O)C3)cc1F. The summed E-state index contributed by atoms with van der Waals surface area (Å²) in [5, 5.41) is 9.19. The quantitative estimate of drug-likeness (QED) is 0.901. The van der Waals surface area contributed by atoms with Crippen LogP contribution in [0.25, 0.3) is 0 Å². The van der Waals surface area contributed by atoms with E-state index < -0.39 is 17.7 Å². The van der Waals surface area contributed by atoms with Gasteiger partial charge in [0.2, 0.25) is 0 Å². The van der Waals surface area contributed by atoms with Gasteiger partial charge in [0.1, 0.15) is 5.82 Å². The van der Waals surface area contributed by atoms with Crippen molar-refractivity contribution in [1.29, 1.82) is 0 Å². The van der Waals surface area contributed by atoms with E-state index in [1.54, 1.807) is 24.0 Å². The molecule has 0 saturated carbocycles. The third-order valence-electron chi connectivity index (χ3n) is 4.51. The van der Waals surface area contributed by atoms with Crippen molar-refractivity contribution in [3.05, 3.63) is 35.1 Å². The minimum absolute atomic E-state index is 0.0158. The fraction of sp³-hybridized carbons (Fsp3) is 0.467. The molecular weight excluding hydrogens is 261 g/mol. The number of hydrogen-bond donors (Lipinski definition) is 1. The van der Waals surface area contributed by atoms with Crippen LogP contribution in [0, 0.1) is 18.7 Å². The molecule has 0 spiro atoms. The molecule has 2 heterocycles. The van der Waals surface area contributed by atoms with Crippen LogP contribution >= 0.6 is 0 Å². The van der Waals surface area contributed by atoms with Crippen LogP contribution in [-0.2, 0) is 4.79 Å². The Kier molecular flexibility index (Phi) is 3.00. The number of carboxylic acid groups (broad SMARTS) is 1. The maximum absolute atomic E-state index is 13.6. The Hall–Kier alpha value is -1.91. The average molecular weight is 277 g/mol. The monoisotopic (exact) mass is 277 g/mol. The van der Waals surface area contributed by atoms with Crippen molar-refractivity contribution in [2.24, 2.45) is 5.92 Å². The van der Waals surface area contributed by atoms with E-state index in [4.69, 9.17) is 0 Å². The Morgan fingerprint density at radius 2 is 2.10 bits per heavy atom. The first-order valence-electron chi connectivity index (χ1n) is 6.80. The Morgan fingerprint density at radius 3 is 2.70 bits per heavy atom. The molecule has 0 aliphatic carbocycles. The summed E-state index contributed by atoms with van der Waals surface area (Å²) >= 11 is 0. The summed E-state index contributed by atoms with van der Waals surface area (Å²) in [4.78, 5) is 25.4. The van der Waals surface area contributed by atoms with Crippen LogP contribution in [0.4, 0.5) is 4.39 Å². The Bertz CT molecular complexity index is 586. The molecule has 1 N–H and O–H groups in total. The van der Waals surface area contributed by atoms with Gasteiger partial charge in [-0.25, -0.2) is 4.39 Å². The molecule has 2 fully saturated rings. The van der Waals surface area contributed by atoms with Crippen LogP contribution in [0.2, 0.25) is 0 Å². The second-order valence-electron chi connectivity index (χ2n) is 5.66. The molecule has 0 aromatic heterocycles. The van der Waals surface area contributed by atoms with Crippen LogP contribution in [0.15, 0.2) is 18.2 Å². The summed E-state index contributed by atoms with van der Waals surface area (Å²) in [6.07, 6.45) is 2.08. The lowest BCUT2D eigenvalue weighted by Crippen LogP contribution is -2.37. The molecule has 5 heteroatoms. The normalized spacial score (nSPS) is 27.9. The number of benzene rings is 1. The highest BCUT2D eigenvalue weighted by atomic mass is 19.1. The van der Waals surface area contributed by atoms with Crippen molar-refractivity contribution in [3.8, 4) is 0 Å². The number of aliphatic carboxylic acids is 1. The van der Waals surface area contributed by atoms with Crippen molar-refractivity contribution < 1.29 is 19.1 Å². The van der Waals surface area contributed by atoms with E-state index in [9.17, 15) is 19.1 Å². The number of halogens is 1. The molecule has 3 unspecified atom stereocenters. The van der Waals surface area contributed by atoms with Gasteiger partial charge in [-0.2, -0.15) is 0 Å². The van der Waals surface area contributed by atoms with Gasteiger partial charge in [-0.05, 0) is 43.9 Å². The first kappa shape index (κ1) is 13.1. The number of rotatable bonds is 2. The minimum atomic E-state index is -0.843. The van der Waals surface area contributed by atoms with Gasteiger partial charge in [0, 0.05) is 17.6 Å². The summed E-state index contributed by atoms with van der Waals surface area (Å²) in [6.45, 7) is 1.64. The second-order valence-corrected chi connectivity index (χ2v) is 5.66. The van der Waals surface area contributed by atoms with Crippen LogP contribution in [0.3, 0.4) is 0 Å². The predicted molar refractivity (Wildman–Crippen MR) is 69.9 cm³/mol. The third-order valence-corrected chi connectivity index (χ3v) is 4.51. The number of amides is 1. The minimum Gasteiger partial charge on any atom is -0.481 e. The highest BCUT2D eigenvalue weighted by Gasteiger charge is 2.51. The standard InChI is InChI=1S/C15H16FNO3/c1-8-2-3-9(6-12(8)16)14(18)17-10-4-5-13(17)11(7-10)15(19)20/h2-3,6,10-11,13H,4-5,7H2,1H3,(H,19,20). The van der Waals surface area contributed by atoms with E-state index in [0.29, 0.717) is 17.5 Å². The third kappa shape index (κ3) is 1.88. The summed E-state index contributed by atoms with van der Waals surface area (Å²) in [5.41, 5.74) is 0.797. The molecular formula is C15H16FNO3.